The average molecular weight is 353 g/mol. The summed E-state index contributed by atoms with van der Waals surface area (Å²) in [5, 5.41) is 14.3. The molecule has 0 atom stereocenters. The lowest BCUT2D eigenvalue weighted by molar-refractivity contribution is 0.282. The van der Waals surface area contributed by atoms with Crippen LogP contribution in [0.5, 0.6) is 0 Å². The molecule has 6 nitrogen and oxygen atoms in total. The summed E-state index contributed by atoms with van der Waals surface area (Å²) in [4.78, 5) is 0.408. The monoisotopic (exact) mass is 352 g/mol. The fourth-order valence-corrected chi connectivity index (χ4v) is 3.95. The standard InChI is InChI=1S/C9H9BrN2O4S2/c1-5-8(10)9(16-11-5)12-18(14,15)7-2-3-17-6(7)4-13/h2-3,12-13H,4H2,1H3. The number of sulfonamides is 1. The Labute approximate surface area is 116 Å². The molecule has 0 fully saturated rings. The molecule has 9 heteroatoms. The zero-order valence-corrected chi connectivity index (χ0v) is 12.4. The van der Waals surface area contributed by atoms with E-state index in [1.54, 1.807) is 12.3 Å². The molecule has 2 heterocycles. The van der Waals surface area contributed by atoms with Gasteiger partial charge in [0.1, 0.15) is 9.37 Å². The summed E-state index contributed by atoms with van der Waals surface area (Å²) >= 11 is 4.34. The molecule has 0 aliphatic carbocycles. The predicted octanol–water partition coefficient (Wildman–Crippen LogP) is 2.10. The van der Waals surface area contributed by atoms with Crippen molar-refractivity contribution in [3.63, 3.8) is 0 Å². The summed E-state index contributed by atoms with van der Waals surface area (Å²) < 4.78 is 31.7. The molecule has 0 aliphatic rings. The maximum Gasteiger partial charge on any atom is 0.265 e. The quantitative estimate of drug-likeness (QED) is 0.878. The van der Waals surface area contributed by atoms with E-state index in [1.165, 1.54) is 17.4 Å². The summed E-state index contributed by atoms with van der Waals surface area (Å²) in [7, 11) is -3.79. The molecule has 0 amide bonds. The molecule has 0 spiro atoms. The summed E-state index contributed by atoms with van der Waals surface area (Å²) in [5.41, 5.74) is 0.542. The van der Waals surface area contributed by atoms with Crippen molar-refractivity contribution in [2.45, 2.75) is 18.4 Å². The van der Waals surface area contributed by atoms with E-state index in [-0.39, 0.29) is 17.4 Å². The van der Waals surface area contributed by atoms with Gasteiger partial charge in [-0.1, -0.05) is 5.16 Å². The SMILES string of the molecule is Cc1noc(NS(=O)(=O)c2ccsc2CO)c1Br. The fourth-order valence-electron chi connectivity index (χ4n) is 1.28. The van der Waals surface area contributed by atoms with Crippen LogP contribution >= 0.6 is 27.3 Å². The summed E-state index contributed by atoms with van der Waals surface area (Å²) in [5.74, 6) is 0.0163. The smallest absolute Gasteiger partial charge is 0.265 e. The largest absolute Gasteiger partial charge is 0.391 e. The third-order valence-electron chi connectivity index (χ3n) is 2.16. The molecule has 18 heavy (non-hydrogen) atoms. The molecular formula is C9H9BrN2O4S2. The Morgan fingerprint density at radius 2 is 2.33 bits per heavy atom. The molecule has 2 rings (SSSR count). The van der Waals surface area contributed by atoms with Crippen LogP contribution in [0.25, 0.3) is 0 Å². The first-order valence-corrected chi connectivity index (χ1v) is 7.93. The van der Waals surface area contributed by atoms with Gasteiger partial charge in [0.2, 0.25) is 0 Å². The molecular weight excluding hydrogens is 344 g/mol. The number of aryl methyl sites for hydroxylation is 1. The minimum absolute atomic E-state index is 0.0163. The van der Waals surface area contributed by atoms with E-state index < -0.39 is 10.0 Å². The lowest BCUT2D eigenvalue weighted by Crippen LogP contribution is -2.13. The summed E-state index contributed by atoms with van der Waals surface area (Å²) in [6.07, 6.45) is 0. The van der Waals surface area contributed by atoms with E-state index in [2.05, 4.69) is 25.8 Å². The molecule has 2 N–H and O–H groups in total. The second-order valence-electron chi connectivity index (χ2n) is 3.38. The number of halogens is 1. The molecule has 0 radical (unpaired) electrons. The number of thiophene rings is 1. The summed E-state index contributed by atoms with van der Waals surface area (Å²) in [6, 6.07) is 1.43. The first-order chi connectivity index (χ1) is 8.45. The Hall–Kier alpha value is -0.900. The second-order valence-corrected chi connectivity index (χ2v) is 6.83. The maximum atomic E-state index is 12.1. The molecule has 0 aromatic carbocycles. The van der Waals surface area contributed by atoms with Crippen molar-refractivity contribution in [2.75, 3.05) is 4.72 Å². The van der Waals surface area contributed by atoms with Gasteiger partial charge in [-0.05, 0) is 34.3 Å². The number of rotatable bonds is 4. The highest BCUT2D eigenvalue weighted by atomic mass is 79.9. The zero-order chi connectivity index (χ0) is 13.3. The van der Waals surface area contributed by atoms with Crippen molar-refractivity contribution < 1.29 is 18.0 Å². The van der Waals surface area contributed by atoms with Gasteiger partial charge in [0, 0.05) is 0 Å². The number of nitrogens with zero attached hydrogens (tertiary/aromatic N) is 1. The first kappa shape index (κ1) is 13.5. The van der Waals surface area contributed by atoms with E-state index in [4.69, 9.17) is 9.63 Å². The van der Waals surface area contributed by atoms with Crippen LogP contribution in [0.2, 0.25) is 0 Å². The Bertz CT molecular complexity index is 662. The average Bonchev–Trinajstić information content (AvgIpc) is 2.91. The van der Waals surface area contributed by atoms with Crippen molar-refractivity contribution in [3.05, 3.63) is 26.5 Å². The highest BCUT2D eigenvalue weighted by Gasteiger charge is 2.23. The number of hydrogen-bond acceptors (Lipinski definition) is 6. The number of nitrogens with one attached hydrogen (secondary N) is 1. The molecule has 98 valence electrons. The number of anilines is 1. The van der Waals surface area contributed by atoms with Crippen LogP contribution in [0, 0.1) is 6.92 Å². The van der Waals surface area contributed by atoms with Crippen molar-refractivity contribution in [2.24, 2.45) is 0 Å². The molecule has 0 unspecified atom stereocenters. The third-order valence-corrected chi connectivity index (χ3v) is 5.54. The van der Waals surface area contributed by atoms with Gasteiger partial charge in [-0.3, -0.25) is 0 Å². The van der Waals surface area contributed by atoms with Crippen molar-refractivity contribution in [1.29, 1.82) is 0 Å². The van der Waals surface area contributed by atoms with Crippen LogP contribution in [-0.2, 0) is 16.6 Å². The van der Waals surface area contributed by atoms with Crippen LogP contribution < -0.4 is 4.72 Å². The van der Waals surface area contributed by atoms with Crippen LogP contribution in [0.15, 0.2) is 25.3 Å². The maximum absolute atomic E-state index is 12.1. The summed E-state index contributed by atoms with van der Waals surface area (Å²) in [6.45, 7) is 1.35. The number of aromatic nitrogens is 1. The molecule has 0 saturated carbocycles. The van der Waals surface area contributed by atoms with Gasteiger partial charge in [-0.15, -0.1) is 11.3 Å². The Balaban J connectivity index is 2.36. The van der Waals surface area contributed by atoms with Gasteiger partial charge >= 0.3 is 0 Å². The van der Waals surface area contributed by atoms with Crippen molar-refractivity contribution in [1.82, 2.24) is 5.16 Å². The minimum atomic E-state index is -3.79. The van der Waals surface area contributed by atoms with E-state index >= 15 is 0 Å². The normalized spacial score (nSPS) is 11.7. The van der Waals surface area contributed by atoms with E-state index in [1.807, 2.05) is 0 Å². The lowest BCUT2D eigenvalue weighted by atomic mass is 10.5. The molecule has 2 aromatic heterocycles. The molecule has 0 aliphatic heterocycles. The van der Waals surface area contributed by atoms with Crippen LogP contribution in [-0.4, -0.2) is 18.7 Å². The predicted molar refractivity (Wildman–Crippen MR) is 70.0 cm³/mol. The van der Waals surface area contributed by atoms with Crippen molar-refractivity contribution >= 4 is 43.2 Å². The number of aliphatic hydroxyl groups excluding tert-OH is 1. The van der Waals surface area contributed by atoms with E-state index in [0.717, 1.165) is 0 Å². The first-order valence-electron chi connectivity index (χ1n) is 4.77. The number of aliphatic hydroxyl groups is 1. The van der Waals surface area contributed by atoms with Gasteiger partial charge in [-0.2, -0.15) is 0 Å². The van der Waals surface area contributed by atoms with Gasteiger partial charge in [0.25, 0.3) is 15.9 Å². The topological polar surface area (TPSA) is 92.4 Å². The minimum Gasteiger partial charge on any atom is -0.391 e. The van der Waals surface area contributed by atoms with Crippen LogP contribution in [0.4, 0.5) is 5.88 Å². The zero-order valence-electron chi connectivity index (χ0n) is 9.18. The number of hydrogen-bond donors (Lipinski definition) is 2. The lowest BCUT2D eigenvalue weighted by Gasteiger charge is -2.05. The van der Waals surface area contributed by atoms with Gasteiger partial charge in [0.05, 0.1) is 17.2 Å². The Morgan fingerprint density at radius 3 is 2.89 bits per heavy atom. The highest BCUT2D eigenvalue weighted by molar-refractivity contribution is 9.10. The third kappa shape index (κ3) is 2.44. The highest BCUT2D eigenvalue weighted by Crippen LogP contribution is 2.29. The second kappa shape index (κ2) is 5.00. The van der Waals surface area contributed by atoms with E-state index in [0.29, 0.717) is 15.0 Å². The van der Waals surface area contributed by atoms with Gasteiger partial charge in [-0.25, -0.2) is 13.1 Å². The Morgan fingerprint density at radius 1 is 1.61 bits per heavy atom. The van der Waals surface area contributed by atoms with Crippen molar-refractivity contribution in [3.8, 4) is 0 Å². The Kier molecular flexibility index (Phi) is 3.76. The molecule has 0 bridgehead atoms. The van der Waals surface area contributed by atoms with E-state index in [9.17, 15) is 8.42 Å². The molecule has 0 saturated heterocycles. The fraction of sp³-hybridized carbons (Fsp3) is 0.222. The molecule has 2 aromatic rings. The van der Waals surface area contributed by atoms with Gasteiger partial charge < -0.3 is 9.63 Å². The van der Waals surface area contributed by atoms with Crippen LogP contribution in [0.1, 0.15) is 10.6 Å². The van der Waals surface area contributed by atoms with Gasteiger partial charge in [0.15, 0.2) is 0 Å². The van der Waals surface area contributed by atoms with Crippen LogP contribution in [0.3, 0.4) is 0 Å².